The maximum Gasteiger partial charge on any atom is 0.319 e. The summed E-state index contributed by atoms with van der Waals surface area (Å²) >= 11 is 2.94. The summed E-state index contributed by atoms with van der Waals surface area (Å²) in [6, 6.07) is 0. The molecule has 200 valence electrons. The fourth-order valence-corrected chi connectivity index (χ4v) is 6.76. The molecule has 1 aliphatic heterocycles. The van der Waals surface area contributed by atoms with Crippen molar-refractivity contribution in [1.82, 2.24) is 5.32 Å². The summed E-state index contributed by atoms with van der Waals surface area (Å²) in [4.78, 5) is 11.3. The number of hydrogen-bond donors (Lipinski definition) is 1. The van der Waals surface area contributed by atoms with Crippen LogP contribution in [0.5, 0.6) is 0 Å². The Morgan fingerprint density at radius 1 is 1.12 bits per heavy atom. The van der Waals surface area contributed by atoms with Crippen LogP contribution in [-0.2, 0) is 19.0 Å². The molecule has 6 heteroatoms. The Bertz CT molecular complexity index is 589. The van der Waals surface area contributed by atoms with Gasteiger partial charge in [-0.15, -0.1) is 0 Å². The van der Waals surface area contributed by atoms with Gasteiger partial charge < -0.3 is 19.5 Å². The smallest absolute Gasteiger partial charge is 0.319 e. The number of hydrogen-bond acceptors (Lipinski definition) is 5. The number of rotatable bonds is 5. The van der Waals surface area contributed by atoms with Crippen molar-refractivity contribution in [2.24, 2.45) is 22.7 Å². The first-order valence-corrected chi connectivity index (χ1v) is 15.0. The zero-order valence-corrected chi connectivity index (χ0v) is 24.4. The van der Waals surface area contributed by atoms with Gasteiger partial charge in [0.05, 0.1) is 26.4 Å². The van der Waals surface area contributed by atoms with Gasteiger partial charge in [-0.3, -0.25) is 4.79 Å². The van der Waals surface area contributed by atoms with Crippen LogP contribution in [0.1, 0.15) is 91.9 Å². The molecular weight excluding hydrogens is 494 g/mol. The predicted molar refractivity (Wildman–Crippen MR) is 145 cm³/mol. The van der Waals surface area contributed by atoms with E-state index in [-0.39, 0.29) is 23.3 Å². The molecule has 4 aliphatic rings. The molecule has 0 aromatic carbocycles. The average molecular weight is 547 g/mol. The van der Waals surface area contributed by atoms with E-state index in [0.717, 1.165) is 32.4 Å². The van der Waals surface area contributed by atoms with Crippen molar-refractivity contribution in [1.29, 1.82) is 0 Å². The lowest BCUT2D eigenvalue weighted by Gasteiger charge is -2.62. The number of halogens is 1. The Kier molecular flexibility index (Phi) is 15.2. The molecule has 0 bridgehead atoms. The standard InChI is InChI=1S/C20H33NO4.C5H10.C2H6.CH3Br/c1-14-5-6-16-19(2,15(14)8-10-21-11-18(22)23-4)9-7-17-20(16,3)12-24-13-25-17;1-2-4-5-3-1;2*1-2/h15-17,21H,1,5-13H2,2-4H3;1-5H2;1-2H3;1H3/t15?,16?,17?,19?,20-;;;/m0.../s1. The number of carbonyl (C=O) groups excluding carboxylic acids is 1. The van der Waals surface area contributed by atoms with Gasteiger partial charge in [-0.1, -0.05) is 87.9 Å². The number of alkyl halides is 1. The average Bonchev–Trinajstić information content (AvgIpc) is 3.45. The van der Waals surface area contributed by atoms with E-state index in [1.165, 1.54) is 57.6 Å². The Balaban J connectivity index is 0.000000550. The molecule has 1 saturated heterocycles. The second kappa shape index (κ2) is 16.3. The summed E-state index contributed by atoms with van der Waals surface area (Å²) in [5, 5.41) is 3.22. The Morgan fingerprint density at radius 2 is 1.74 bits per heavy atom. The topological polar surface area (TPSA) is 56.8 Å². The first-order valence-electron chi connectivity index (χ1n) is 13.4. The number of fused-ring (bicyclic) bond motifs is 3. The van der Waals surface area contributed by atoms with Crippen LogP contribution in [0.4, 0.5) is 0 Å². The number of esters is 1. The van der Waals surface area contributed by atoms with E-state index in [1.54, 1.807) is 0 Å². The van der Waals surface area contributed by atoms with Crippen molar-refractivity contribution in [3.63, 3.8) is 0 Å². The maximum atomic E-state index is 11.3. The summed E-state index contributed by atoms with van der Waals surface area (Å²) < 4.78 is 16.4. The van der Waals surface area contributed by atoms with Crippen LogP contribution < -0.4 is 5.32 Å². The highest BCUT2D eigenvalue weighted by molar-refractivity contribution is 9.08. The summed E-state index contributed by atoms with van der Waals surface area (Å²) in [6.45, 7) is 15.5. The van der Waals surface area contributed by atoms with E-state index < -0.39 is 0 Å². The Morgan fingerprint density at radius 3 is 2.32 bits per heavy atom. The second-order valence-corrected chi connectivity index (χ2v) is 10.3. The maximum absolute atomic E-state index is 11.3. The highest BCUT2D eigenvalue weighted by Gasteiger charge is 2.59. The van der Waals surface area contributed by atoms with Crippen LogP contribution in [0.25, 0.3) is 0 Å². The zero-order chi connectivity index (χ0) is 25.6. The molecule has 0 aromatic rings. The molecule has 3 saturated carbocycles. The van der Waals surface area contributed by atoms with Gasteiger partial charge in [0.25, 0.3) is 0 Å². The molecule has 0 aromatic heterocycles. The molecular formula is C28H52BrNO4. The van der Waals surface area contributed by atoms with E-state index in [0.29, 0.717) is 24.7 Å². The SMILES string of the molecule is C1CCCC1.C=C1CCC2C(C)(CCC3OCOC[C@]32C)C1CCNCC(=O)OC.CBr.CC. The lowest BCUT2D eigenvalue weighted by molar-refractivity contribution is -0.260. The quantitative estimate of drug-likeness (QED) is 0.176. The molecule has 1 heterocycles. The molecule has 0 amide bonds. The summed E-state index contributed by atoms with van der Waals surface area (Å²) in [5.41, 5.74) is 1.71. The molecule has 4 fully saturated rings. The molecule has 3 aliphatic carbocycles. The van der Waals surface area contributed by atoms with Gasteiger partial charge in [-0.05, 0) is 61.7 Å². The van der Waals surface area contributed by atoms with Gasteiger partial charge in [0.2, 0.25) is 0 Å². The van der Waals surface area contributed by atoms with Crippen LogP contribution in [0, 0.1) is 22.7 Å². The molecule has 34 heavy (non-hydrogen) atoms. The van der Waals surface area contributed by atoms with Crippen LogP contribution in [0.3, 0.4) is 0 Å². The van der Waals surface area contributed by atoms with Gasteiger partial charge in [-0.25, -0.2) is 0 Å². The molecule has 4 unspecified atom stereocenters. The van der Waals surface area contributed by atoms with Crippen molar-refractivity contribution in [2.75, 3.05) is 39.4 Å². The largest absolute Gasteiger partial charge is 0.468 e. The number of ether oxygens (including phenoxy) is 3. The normalized spacial score (nSPS) is 34.0. The van der Waals surface area contributed by atoms with Gasteiger partial charge in [-0.2, -0.15) is 0 Å². The number of nitrogens with one attached hydrogen (secondary N) is 1. The van der Waals surface area contributed by atoms with Crippen molar-refractivity contribution < 1.29 is 19.0 Å². The zero-order valence-electron chi connectivity index (χ0n) is 22.8. The van der Waals surface area contributed by atoms with Crippen molar-refractivity contribution in [3.8, 4) is 0 Å². The monoisotopic (exact) mass is 545 g/mol. The first-order chi connectivity index (χ1) is 16.4. The number of methoxy groups -OCH3 is 1. The third-order valence-corrected chi connectivity index (χ3v) is 8.44. The van der Waals surface area contributed by atoms with Gasteiger partial charge in [0.1, 0.15) is 6.79 Å². The summed E-state index contributed by atoms with van der Waals surface area (Å²) in [6.07, 6.45) is 13.4. The number of allylic oxidation sites excluding steroid dienone is 1. The van der Waals surface area contributed by atoms with Crippen LogP contribution in [0.2, 0.25) is 0 Å². The minimum Gasteiger partial charge on any atom is -0.468 e. The van der Waals surface area contributed by atoms with Crippen molar-refractivity contribution in [2.45, 2.75) is 98.0 Å². The fraction of sp³-hybridized carbons (Fsp3) is 0.893. The predicted octanol–water partition coefficient (Wildman–Crippen LogP) is 6.89. The van der Waals surface area contributed by atoms with E-state index in [9.17, 15) is 4.79 Å². The minimum absolute atomic E-state index is 0.101. The minimum atomic E-state index is -0.212. The summed E-state index contributed by atoms with van der Waals surface area (Å²) in [5.74, 6) is 2.68. The molecule has 5 nitrogen and oxygen atoms in total. The second-order valence-electron chi connectivity index (χ2n) is 10.3. The van der Waals surface area contributed by atoms with E-state index >= 15 is 0 Å². The lowest BCUT2D eigenvalue weighted by atomic mass is 9.46. The summed E-state index contributed by atoms with van der Waals surface area (Å²) in [7, 11) is 1.42. The van der Waals surface area contributed by atoms with Crippen LogP contribution >= 0.6 is 15.9 Å². The Labute approximate surface area is 218 Å². The highest BCUT2D eigenvalue weighted by Crippen LogP contribution is 2.62. The van der Waals surface area contributed by atoms with Crippen LogP contribution in [-0.4, -0.2) is 51.5 Å². The van der Waals surface area contributed by atoms with Crippen molar-refractivity contribution >= 4 is 21.9 Å². The molecule has 5 atom stereocenters. The fourth-order valence-electron chi connectivity index (χ4n) is 6.76. The van der Waals surface area contributed by atoms with Crippen LogP contribution in [0.15, 0.2) is 12.2 Å². The first kappa shape index (κ1) is 31.6. The van der Waals surface area contributed by atoms with Gasteiger partial charge >= 0.3 is 5.97 Å². The van der Waals surface area contributed by atoms with E-state index in [1.807, 2.05) is 19.7 Å². The number of carbonyl (C=O) groups is 1. The van der Waals surface area contributed by atoms with Gasteiger partial charge in [0.15, 0.2) is 0 Å². The third kappa shape index (κ3) is 8.04. The Hall–Kier alpha value is -0.430. The third-order valence-electron chi connectivity index (χ3n) is 8.44. The van der Waals surface area contributed by atoms with Crippen molar-refractivity contribution in [3.05, 3.63) is 12.2 Å². The molecule has 0 spiro atoms. The van der Waals surface area contributed by atoms with Gasteiger partial charge in [0, 0.05) is 5.41 Å². The molecule has 1 N–H and O–H groups in total. The van der Waals surface area contributed by atoms with E-state index in [4.69, 9.17) is 14.2 Å². The lowest BCUT2D eigenvalue weighted by Crippen LogP contribution is -2.60. The van der Waals surface area contributed by atoms with E-state index in [2.05, 4.69) is 41.7 Å². The molecule has 4 rings (SSSR count). The molecule has 0 radical (unpaired) electrons. The highest BCUT2D eigenvalue weighted by atomic mass is 79.9.